The summed E-state index contributed by atoms with van der Waals surface area (Å²) in [6, 6.07) is 11.3. The number of hydrogen-bond acceptors (Lipinski definition) is 7. The van der Waals surface area contributed by atoms with E-state index in [0.717, 1.165) is 33.6 Å². The molecule has 7 nitrogen and oxygen atoms in total. The Morgan fingerprint density at radius 3 is 2.54 bits per heavy atom. The van der Waals surface area contributed by atoms with E-state index in [9.17, 15) is 13.5 Å². The van der Waals surface area contributed by atoms with Crippen molar-refractivity contribution in [2.75, 3.05) is 17.1 Å². The van der Waals surface area contributed by atoms with Crippen LogP contribution in [0.1, 0.15) is 51.1 Å². The van der Waals surface area contributed by atoms with Crippen molar-refractivity contribution in [1.82, 2.24) is 4.98 Å². The SMILES string of the molecule is COc1ccc(-c2sc(N[C@@H](C)CC3CCCCC3)nc2C)cc1S(=O)(=O)Nc1ccc(O)cc1. The topological polar surface area (TPSA) is 101 Å². The Kier molecular flexibility index (Phi) is 7.86. The number of aromatic nitrogens is 1. The number of phenolic OH excluding ortho intramolecular Hbond substituents is 1. The first-order valence-corrected chi connectivity index (χ1v) is 14.3. The minimum absolute atomic E-state index is 0.0403. The van der Waals surface area contributed by atoms with E-state index in [1.54, 1.807) is 12.1 Å². The molecule has 1 heterocycles. The fraction of sp³-hybridized carbons (Fsp3) is 0.423. The maximum atomic E-state index is 13.2. The molecule has 1 saturated carbocycles. The number of aromatic hydroxyl groups is 1. The van der Waals surface area contributed by atoms with Crippen LogP contribution in [0.3, 0.4) is 0 Å². The molecule has 2 aromatic carbocycles. The number of sulfonamides is 1. The van der Waals surface area contributed by atoms with Crippen molar-refractivity contribution in [3.8, 4) is 21.9 Å². The molecule has 0 spiro atoms. The van der Waals surface area contributed by atoms with Gasteiger partial charge in [0.25, 0.3) is 10.0 Å². The number of methoxy groups -OCH3 is 1. The van der Waals surface area contributed by atoms with Crippen LogP contribution in [0, 0.1) is 12.8 Å². The number of rotatable bonds is 9. The number of anilines is 2. The lowest BCUT2D eigenvalue weighted by molar-refractivity contribution is 0.328. The smallest absolute Gasteiger partial charge is 0.265 e. The summed E-state index contributed by atoms with van der Waals surface area (Å²) in [5, 5.41) is 13.9. The maximum absolute atomic E-state index is 13.2. The third kappa shape index (κ3) is 6.27. The maximum Gasteiger partial charge on any atom is 0.265 e. The Morgan fingerprint density at radius 1 is 1.14 bits per heavy atom. The number of phenols is 1. The molecule has 0 aliphatic heterocycles. The van der Waals surface area contributed by atoms with Gasteiger partial charge in [-0.3, -0.25) is 4.72 Å². The van der Waals surface area contributed by atoms with Crippen LogP contribution in [0.4, 0.5) is 10.8 Å². The molecule has 3 N–H and O–H groups in total. The third-order valence-electron chi connectivity index (χ3n) is 6.41. The Labute approximate surface area is 211 Å². The van der Waals surface area contributed by atoms with Crippen LogP contribution in [0.15, 0.2) is 47.4 Å². The number of aryl methyl sites for hydroxylation is 1. The van der Waals surface area contributed by atoms with Gasteiger partial charge in [-0.15, -0.1) is 0 Å². The molecule has 9 heteroatoms. The van der Waals surface area contributed by atoms with Gasteiger partial charge in [-0.2, -0.15) is 0 Å². The molecule has 188 valence electrons. The number of ether oxygens (including phenoxy) is 1. The van der Waals surface area contributed by atoms with Crippen LogP contribution in [-0.4, -0.2) is 31.7 Å². The van der Waals surface area contributed by atoms with Crippen LogP contribution in [0.2, 0.25) is 0 Å². The van der Waals surface area contributed by atoms with Crippen LogP contribution < -0.4 is 14.8 Å². The van der Waals surface area contributed by atoms with Crippen molar-refractivity contribution in [3.63, 3.8) is 0 Å². The van der Waals surface area contributed by atoms with Gasteiger partial charge >= 0.3 is 0 Å². The second-order valence-corrected chi connectivity index (χ2v) is 11.9. The predicted octanol–water partition coefficient (Wildman–Crippen LogP) is 6.40. The highest BCUT2D eigenvalue weighted by molar-refractivity contribution is 7.92. The molecule has 1 aliphatic rings. The molecule has 1 aliphatic carbocycles. The van der Waals surface area contributed by atoms with Gasteiger partial charge in [0.1, 0.15) is 16.4 Å². The fourth-order valence-corrected chi connectivity index (χ4v) is 7.01. The number of hydrogen-bond donors (Lipinski definition) is 3. The summed E-state index contributed by atoms with van der Waals surface area (Å²) in [5.74, 6) is 1.09. The van der Waals surface area contributed by atoms with Gasteiger partial charge in [0, 0.05) is 11.7 Å². The zero-order chi connectivity index (χ0) is 25.0. The van der Waals surface area contributed by atoms with Crippen molar-refractivity contribution in [2.45, 2.75) is 63.3 Å². The Bertz CT molecular complexity index is 1250. The first kappa shape index (κ1) is 25.3. The molecular formula is C26H33N3O4S2. The second-order valence-electron chi connectivity index (χ2n) is 9.24. The first-order chi connectivity index (χ1) is 16.7. The van der Waals surface area contributed by atoms with Gasteiger partial charge in [-0.1, -0.05) is 43.4 Å². The number of benzene rings is 2. The summed E-state index contributed by atoms with van der Waals surface area (Å²) in [6.07, 6.45) is 7.80. The molecule has 1 aromatic heterocycles. The predicted molar refractivity (Wildman–Crippen MR) is 142 cm³/mol. The van der Waals surface area contributed by atoms with Crippen molar-refractivity contribution >= 4 is 32.2 Å². The van der Waals surface area contributed by atoms with Crippen LogP contribution >= 0.6 is 11.3 Å². The lowest BCUT2D eigenvalue weighted by Gasteiger charge is -2.24. The molecule has 1 atom stereocenters. The largest absolute Gasteiger partial charge is 0.508 e. The molecule has 0 bridgehead atoms. The van der Waals surface area contributed by atoms with E-state index in [1.807, 2.05) is 13.0 Å². The van der Waals surface area contributed by atoms with E-state index in [2.05, 4.69) is 17.0 Å². The Balaban J connectivity index is 1.55. The zero-order valence-electron chi connectivity index (χ0n) is 20.4. The molecular weight excluding hydrogens is 482 g/mol. The molecule has 4 rings (SSSR count). The van der Waals surface area contributed by atoms with Crippen molar-refractivity contribution in [1.29, 1.82) is 0 Å². The van der Waals surface area contributed by atoms with Gasteiger partial charge in [0.2, 0.25) is 0 Å². The average molecular weight is 516 g/mol. The quantitative estimate of drug-likeness (QED) is 0.285. The normalized spacial score (nSPS) is 15.5. The van der Waals surface area contributed by atoms with Gasteiger partial charge in [-0.25, -0.2) is 13.4 Å². The first-order valence-electron chi connectivity index (χ1n) is 12.0. The van der Waals surface area contributed by atoms with Crippen LogP contribution in [-0.2, 0) is 10.0 Å². The summed E-state index contributed by atoms with van der Waals surface area (Å²) in [4.78, 5) is 5.68. The van der Waals surface area contributed by atoms with E-state index in [1.165, 1.54) is 74.8 Å². The highest BCUT2D eigenvalue weighted by atomic mass is 32.2. The summed E-state index contributed by atoms with van der Waals surface area (Å²) in [5.41, 5.74) is 1.96. The van der Waals surface area contributed by atoms with Crippen molar-refractivity contribution in [2.24, 2.45) is 5.92 Å². The number of nitrogens with one attached hydrogen (secondary N) is 2. The lowest BCUT2D eigenvalue weighted by atomic mass is 9.85. The summed E-state index contributed by atoms with van der Waals surface area (Å²) in [6.45, 7) is 4.15. The average Bonchev–Trinajstić information content (AvgIpc) is 3.20. The van der Waals surface area contributed by atoms with E-state index in [4.69, 9.17) is 9.72 Å². The lowest BCUT2D eigenvalue weighted by Crippen LogP contribution is -2.20. The molecule has 0 saturated heterocycles. The highest BCUT2D eigenvalue weighted by Crippen LogP contribution is 2.37. The summed E-state index contributed by atoms with van der Waals surface area (Å²) >= 11 is 1.54. The zero-order valence-corrected chi connectivity index (χ0v) is 22.0. The van der Waals surface area contributed by atoms with Gasteiger partial charge in [0.05, 0.1) is 17.7 Å². The van der Waals surface area contributed by atoms with Crippen LogP contribution in [0.25, 0.3) is 10.4 Å². The van der Waals surface area contributed by atoms with Gasteiger partial charge in [0.15, 0.2) is 5.13 Å². The second kappa shape index (κ2) is 10.9. The highest BCUT2D eigenvalue weighted by Gasteiger charge is 2.23. The molecule has 0 radical (unpaired) electrons. The van der Waals surface area contributed by atoms with Crippen molar-refractivity contribution < 1.29 is 18.3 Å². The van der Waals surface area contributed by atoms with Crippen LogP contribution in [0.5, 0.6) is 11.5 Å². The molecule has 3 aromatic rings. The monoisotopic (exact) mass is 515 g/mol. The number of thiazole rings is 1. The third-order valence-corrected chi connectivity index (χ3v) is 8.95. The summed E-state index contributed by atoms with van der Waals surface area (Å²) in [7, 11) is -2.48. The minimum Gasteiger partial charge on any atom is -0.508 e. The van der Waals surface area contributed by atoms with Gasteiger partial charge in [-0.05, 0) is 74.2 Å². The van der Waals surface area contributed by atoms with E-state index in [-0.39, 0.29) is 16.4 Å². The van der Waals surface area contributed by atoms with E-state index < -0.39 is 10.0 Å². The van der Waals surface area contributed by atoms with Gasteiger partial charge < -0.3 is 15.2 Å². The van der Waals surface area contributed by atoms with Crippen molar-refractivity contribution in [3.05, 3.63) is 48.2 Å². The molecule has 0 unspecified atom stereocenters. The molecule has 1 fully saturated rings. The molecule has 35 heavy (non-hydrogen) atoms. The Morgan fingerprint density at radius 2 is 1.86 bits per heavy atom. The number of nitrogens with zero attached hydrogens (tertiary/aromatic N) is 1. The fourth-order valence-electron chi connectivity index (χ4n) is 4.69. The Hall–Kier alpha value is -2.78. The molecule has 0 amide bonds. The standard InChI is InChI=1S/C26H33N3O4S2/c1-17(15-19-7-5-4-6-8-19)27-26-28-18(2)25(34-26)20-9-14-23(33-3)24(16-20)35(31,32)29-21-10-12-22(30)13-11-21/h9-14,16-17,19,29-30H,4-8,15H2,1-3H3,(H,27,28)/t17-/m0/s1. The van der Waals surface area contributed by atoms with E-state index >= 15 is 0 Å². The van der Waals surface area contributed by atoms with E-state index in [0.29, 0.717) is 11.7 Å². The summed E-state index contributed by atoms with van der Waals surface area (Å²) < 4.78 is 34.3. The minimum atomic E-state index is -3.93.